The van der Waals surface area contributed by atoms with Crippen LogP contribution in [-0.4, -0.2) is 39.1 Å². The molecule has 2 amide bonds. The molecule has 6 heteroatoms. The van der Waals surface area contributed by atoms with Gasteiger partial charge in [0.05, 0.1) is 17.2 Å². The van der Waals surface area contributed by atoms with E-state index in [1.165, 1.54) is 0 Å². The Bertz CT molecular complexity index is 1240. The molecule has 0 saturated carbocycles. The second-order valence-electron chi connectivity index (χ2n) is 10.8. The molecule has 34 heavy (non-hydrogen) atoms. The molecule has 2 aromatic carbocycles. The summed E-state index contributed by atoms with van der Waals surface area (Å²) in [4.78, 5) is 30.0. The van der Waals surface area contributed by atoms with Crippen LogP contribution in [0.2, 0.25) is 0 Å². The number of nitrogens with zero attached hydrogens (tertiary/aromatic N) is 1. The van der Waals surface area contributed by atoms with Crippen molar-refractivity contribution in [1.29, 1.82) is 0 Å². The average molecular weight is 460 g/mol. The second-order valence-corrected chi connectivity index (χ2v) is 10.8. The molecule has 6 nitrogen and oxygen atoms in total. The van der Waals surface area contributed by atoms with Gasteiger partial charge in [0.25, 0.3) is 11.8 Å². The first-order chi connectivity index (χ1) is 16.0. The molecule has 3 N–H and O–H groups in total. The quantitative estimate of drug-likeness (QED) is 0.529. The molecule has 4 rings (SSSR count). The Morgan fingerprint density at radius 3 is 2.65 bits per heavy atom. The van der Waals surface area contributed by atoms with Gasteiger partial charge in [0, 0.05) is 29.4 Å². The Kier molecular flexibility index (Phi) is 6.21. The maximum absolute atomic E-state index is 13.0. The summed E-state index contributed by atoms with van der Waals surface area (Å²) in [6.07, 6.45) is 3.25. The van der Waals surface area contributed by atoms with Gasteiger partial charge < -0.3 is 15.7 Å². The van der Waals surface area contributed by atoms with E-state index in [0.717, 1.165) is 21.9 Å². The summed E-state index contributed by atoms with van der Waals surface area (Å²) in [5.41, 5.74) is 1.95. The Morgan fingerprint density at radius 2 is 1.91 bits per heavy atom. The predicted molar refractivity (Wildman–Crippen MR) is 134 cm³/mol. The number of hydrogen-bond donors (Lipinski definition) is 3. The molecule has 0 aliphatic carbocycles. The highest BCUT2D eigenvalue weighted by Gasteiger charge is 2.41. The van der Waals surface area contributed by atoms with Gasteiger partial charge in [0.2, 0.25) is 0 Å². The van der Waals surface area contributed by atoms with Crippen molar-refractivity contribution < 1.29 is 14.7 Å². The number of amides is 2. The number of rotatable bonds is 5. The normalized spacial score (nSPS) is 18.2. The Morgan fingerprint density at radius 1 is 1.18 bits per heavy atom. The maximum Gasteiger partial charge on any atom is 0.253 e. The lowest BCUT2D eigenvalue weighted by molar-refractivity contribution is 0.0831. The molecular weight excluding hydrogens is 426 g/mol. The van der Waals surface area contributed by atoms with E-state index in [2.05, 4.69) is 15.6 Å². The third-order valence-corrected chi connectivity index (χ3v) is 6.48. The number of carbonyl (C=O) groups excluding carboxylic acids is 2. The van der Waals surface area contributed by atoms with Crippen molar-refractivity contribution in [2.45, 2.75) is 70.6 Å². The van der Waals surface area contributed by atoms with Gasteiger partial charge in [0.15, 0.2) is 0 Å². The summed E-state index contributed by atoms with van der Waals surface area (Å²) >= 11 is 0. The lowest BCUT2D eigenvalue weighted by Gasteiger charge is -2.42. The third-order valence-electron chi connectivity index (χ3n) is 6.48. The van der Waals surface area contributed by atoms with Crippen LogP contribution in [0.1, 0.15) is 78.8 Å². The number of pyridine rings is 1. The third kappa shape index (κ3) is 4.82. The van der Waals surface area contributed by atoms with E-state index in [0.29, 0.717) is 24.0 Å². The van der Waals surface area contributed by atoms with Crippen LogP contribution in [0.15, 0.2) is 54.9 Å². The number of aliphatic hydroxyl groups excluding tert-OH is 1. The molecule has 0 saturated heterocycles. The molecule has 3 aromatic rings. The minimum absolute atomic E-state index is 0.0854. The van der Waals surface area contributed by atoms with Crippen molar-refractivity contribution in [2.75, 3.05) is 0 Å². The summed E-state index contributed by atoms with van der Waals surface area (Å²) in [7, 11) is 0. The highest BCUT2D eigenvalue weighted by Crippen LogP contribution is 2.41. The summed E-state index contributed by atoms with van der Waals surface area (Å²) in [5, 5.41) is 19.2. The Balaban J connectivity index is 1.63. The monoisotopic (exact) mass is 459 g/mol. The second kappa shape index (κ2) is 8.84. The van der Waals surface area contributed by atoms with Crippen molar-refractivity contribution in [3.05, 3.63) is 77.1 Å². The number of fused-ring (bicyclic) bond motifs is 3. The van der Waals surface area contributed by atoms with Crippen LogP contribution in [0.5, 0.6) is 0 Å². The molecule has 1 aliphatic rings. The van der Waals surface area contributed by atoms with E-state index >= 15 is 0 Å². The number of hydrogen-bond acceptors (Lipinski definition) is 4. The van der Waals surface area contributed by atoms with Crippen LogP contribution in [0.25, 0.3) is 10.8 Å². The fourth-order valence-electron chi connectivity index (χ4n) is 4.91. The van der Waals surface area contributed by atoms with Crippen LogP contribution < -0.4 is 10.6 Å². The van der Waals surface area contributed by atoms with Gasteiger partial charge in [-0.1, -0.05) is 36.4 Å². The topological polar surface area (TPSA) is 91.3 Å². The molecule has 2 heterocycles. The number of benzene rings is 2. The highest BCUT2D eigenvalue weighted by atomic mass is 16.3. The van der Waals surface area contributed by atoms with E-state index in [-0.39, 0.29) is 23.3 Å². The first-order valence-electron chi connectivity index (χ1n) is 11.7. The minimum atomic E-state index is -0.706. The van der Waals surface area contributed by atoms with Gasteiger partial charge in [-0.25, -0.2) is 0 Å². The minimum Gasteiger partial charge on any atom is -0.393 e. The first kappa shape index (κ1) is 23.9. The summed E-state index contributed by atoms with van der Waals surface area (Å²) in [5.74, 6) is -0.379. The molecular formula is C28H33N3O3. The zero-order chi connectivity index (χ0) is 24.7. The Hall–Kier alpha value is -3.25. The van der Waals surface area contributed by atoms with Gasteiger partial charge in [-0.2, -0.15) is 0 Å². The predicted octanol–water partition coefficient (Wildman–Crippen LogP) is 4.36. The maximum atomic E-state index is 13.0. The van der Waals surface area contributed by atoms with Crippen molar-refractivity contribution in [3.8, 4) is 0 Å². The van der Waals surface area contributed by atoms with Gasteiger partial charge >= 0.3 is 0 Å². The summed E-state index contributed by atoms with van der Waals surface area (Å²) in [6.45, 7) is 9.77. The van der Waals surface area contributed by atoms with Crippen molar-refractivity contribution in [3.63, 3.8) is 0 Å². The highest BCUT2D eigenvalue weighted by molar-refractivity contribution is 6.09. The fourth-order valence-corrected chi connectivity index (χ4v) is 4.91. The molecule has 0 spiro atoms. The first-order valence-corrected chi connectivity index (χ1v) is 11.7. The van der Waals surface area contributed by atoms with Gasteiger partial charge in [-0.3, -0.25) is 14.6 Å². The summed E-state index contributed by atoms with van der Waals surface area (Å²) < 4.78 is 0. The van der Waals surface area contributed by atoms with Crippen molar-refractivity contribution in [2.24, 2.45) is 0 Å². The van der Waals surface area contributed by atoms with Gasteiger partial charge in [-0.15, -0.1) is 0 Å². The van der Waals surface area contributed by atoms with E-state index in [1.54, 1.807) is 18.5 Å². The lowest BCUT2D eigenvalue weighted by atomic mass is 9.72. The number of aliphatic hydroxyl groups is 1. The van der Waals surface area contributed by atoms with Crippen LogP contribution in [0.3, 0.4) is 0 Å². The fraction of sp³-hybridized carbons (Fsp3) is 0.393. The molecule has 1 aliphatic heterocycles. The van der Waals surface area contributed by atoms with E-state index < -0.39 is 11.6 Å². The van der Waals surface area contributed by atoms with Crippen molar-refractivity contribution in [1.82, 2.24) is 15.6 Å². The Labute approximate surface area is 200 Å². The number of aromatic nitrogens is 1. The molecule has 2 unspecified atom stereocenters. The van der Waals surface area contributed by atoms with Gasteiger partial charge in [0.1, 0.15) is 0 Å². The van der Waals surface area contributed by atoms with Crippen molar-refractivity contribution >= 4 is 22.6 Å². The standard InChI is InChI=1S/C28H33N3O3/c1-27(2,3)30-25(33)22-16-29-13-12-18(22)14-19(32)15-23-21-11-10-17-8-6-7-9-20(17)24(21)26(34)31-28(23,4)5/h6-13,16,19,23,32H,14-15H2,1-5H3,(H,30,33)(H,31,34). The zero-order valence-corrected chi connectivity index (χ0v) is 20.5. The molecule has 2 atom stereocenters. The molecule has 1 aromatic heterocycles. The van der Waals surface area contributed by atoms with Crippen LogP contribution in [-0.2, 0) is 6.42 Å². The van der Waals surface area contributed by atoms with E-state index in [1.807, 2.05) is 71.0 Å². The van der Waals surface area contributed by atoms with Crippen LogP contribution >= 0.6 is 0 Å². The number of carbonyl (C=O) groups is 2. The average Bonchev–Trinajstić information content (AvgIpc) is 2.74. The van der Waals surface area contributed by atoms with E-state index in [9.17, 15) is 14.7 Å². The molecule has 178 valence electrons. The molecule has 0 bridgehead atoms. The SMILES string of the molecule is CC(C)(C)NC(=O)c1cnccc1CC(O)CC1c2ccc3ccccc3c2C(=O)NC1(C)C. The van der Waals surface area contributed by atoms with Gasteiger partial charge in [-0.05, 0) is 75.4 Å². The lowest BCUT2D eigenvalue weighted by Crippen LogP contribution is -2.53. The smallest absolute Gasteiger partial charge is 0.253 e. The van der Waals surface area contributed by atoms with Crippen LogP contribution in [0.4, 0.5) is 0 Å². The van der Waals surface area contributed by atoms with Crippen LogP contribution in [0, 0.1) is 0 Å². The molecule has 0 fully saturated rings. The molecule has 0 radical (unpaired) electrons. The summed E-state index contributed by atoms with van der Waals surface area (Å²) in [6, 6.07) is 13.7. The number of nitrogens with one attached hydrogen (secondary N) is 2. The van der Waals surface area contributed by atoms with E-state index in [4.69, 9.17) is 0 Å². The zero-order valence-electron chi connectivity index (χ0n) is 20.5. The largest absolute Gasteiger partial charge is 0.393 e.